The van der Waals surface area contributed by atoms with Gasteiger partial charge in [-0.25, -0.2) is 5.43 Å². The van der Waals surface area contributed by atoms with Crippen molar-refractivity contribution >= 4 is 17.8 Å². The number of hydrogen-bond acceptors (Lipinski definition) is 3. The molecule has 0 unspecified atom stereocenters. The third-order valence-electron chi connectivity index (χ3n) is 5.26. The largest absolute Gasteiger partial charge is 0.378 e. The van der Waals surface area contributed by atoms with E-state index < -0.39 is 0 Å². The smallest absolute Gasteiger partial charge is 0.243 e. The predicted molar refractivity (Wildman–Crippen MR) is 94.7 cm³/mol. The minimum absolute atomic E-state index is 0.114. The summed E-state index contributed by atoms with van der Waals surface area (Å²) in [6.07, 6.45) is 9.40. The molecule has 2 fully saturated rings. The van der Waals surface area contributed by atoms with E-state index in [9.17, 15) is 4.79 Å². The number of carbonyl (C=O) groups is 1. The van der Waals surface area contributed by atoms with Gasteiger partial charge in [0.1, 0.15) is 0 Å². The fraction of sp³-hybridized carbons (Fsp3) is 0.579. The molecule has 3 rings (SSSR count). The van der Waals surface area contributed by atoms with Gasteiger partial charge in [0.25, 0.3) is 0 Å². The lowest BCUT2D eigenvalue weighted by Gasteiger charge is -2.11. The Kier molecular flexibility index (Phi) is 4.99. The number of fused-ring (bicyclic) bond motifs is 1. The Hall–Kier alpha value is -1.84. The molecule has 1 aromatic rings. The molecule has 23 heavy (non-hydrogen) atoms. The Bertz CT molecular complexity index is 550. The van der Waals surface area contributed by atoms with Gasteiger partial charge in [-0.2, -0.15) is 5.10 Å². The molecule has 0 spiro atoms. The fourth-order valence-electron chi connectivity index (χ4n) is 3.84. The van der Waals surface area contributed by atoms with E-state index in [2.05, 4.69) is 15.4 Å². The number of hydrogen-bond donors (Lipinski definition) is 1. The molecular formula is C19H27N3O. The first-order valence-electron chi connectivity index (χ1n) is 8.77. The van der Waals surface area contributed by atoms with Gasteiger partial charge < -0.3 is 4.90 Å². The van der Waals surface area contributed by atoms with Crippen LogP contribution in [-0.4, -0.2) is 26.2 Å². The molecule has 2 aliphatic carbocycles. The summed E-state index contributed by atoms with van der Waals surface area (Å²) in [6, 6.07) is 8.11. The van der Waals surface area contributed by atoms with Crippen molar-refractivity contribution in [1.29, 1.82) is 0 Å². The van der Waals surface area contributed by atoms with Crippen molar-refractivity contribution in [2.45, 2.75) is 38.5 Å². The first kappa shape index (κ1) is 16.0. The highest BCUT2D eigenvalue weighted by molar-refractivity contribution is 5.85. The molecule has 0 heterocycles. The highest BCUT2D eigenvalue weighted by atomic mass is 16.2. The van der Waals surface area contributed by atoms with Crippen LogP contribution in [0.4, 0.5) is 5.69 Å². The van der Waals surface area contributed by atoms with Crippen molar-refractivity contribution in [2.75, 3.05) is 19.0 Å². The van der Waals surface area contributed by atoms with Crippen molar-refractivity contribution in [3.05, 3.63) is 29.8 Å². The quantitative estimate of drug-likeness (QED) is 0.684. The normalized spacial score (nSPS) is 27.0. The van der Waals surface area contributed by atoms with E-state index in [0.717, 1.165) is 11.3 Å². The maximum absolute atomic E-state index is 12.3. The molecule has 1 aromatic carbocycles. The lowest BCUT2D eigenvalue weighted by molar-refractivity contribution is -0.122. The molecule has 0 bridgehead atoms. The molecule has 4 heteroatoms. The molecule has 0 saturated heterocycles. The summed E-state index contributed by atoms with van der Waals surface area (Å²) in [5.74, 6) is 1.55. The van der Waals surface area contributed by atoms with Gasteiger partial charge in [-0.3, -0.25) is 4.79 Å². The summed E-state index contributed by atoms with van der Waals surface area (Å²) in [5, 5.41) is 4.14. The van der Waals surface area contributed by atoms with Crippen LogP contribution >= 0.6 is 0 Å². The summed E-state index contributed by atoms with van der Waals surface area (Å²) in [5.41, 5.74) is 4.90. The van der Waals surface area contributed by atoms with Crippen molar-refractivity contribution < 1.29 is 4.79 Å². The number of benzene rings is 1. The minimum Gasteiger partial charge on any atom is -0.378 e. The van der Waals surface area contributed by atoms with Gasteiger partial charge in [0.05, 0.1) is 6.21 Å². The van der Waals surface area contributed by atoms with Gasteiger partial charge in [-0.05, 0) is 42.4 Å². The minimum atomic E-state index is 0.114. The highest BCUT2D eigenvalue weighted by Gasteiger charge is 2.53. The molecular weight excluding hydrogens is 286 g/mol. The highest BCUT2D eigenvalue weighted by Crippen LogP contribution is 2.53. The maximum Gasteiger partial charge on any atom is 0.243 e. The van der Waals surface area contributed by atoms with Crippen LogP contribution in [0.1, 0.15) is 44.1 Å². The molecule has 2 saturated carbocycles. The Morgan fingerprint density at radius 2 is 1.70 bits per heavy atom. The van der Waals surface area contributed by atoms with E-state index in [1.54, 1.807) is 6.21 Å². The van der Waals surface area contributed by atoms with E-state index in [1.165, 1.54) is 38.5 Å². The van der Waals surface area contributed by atoms with E-state index in [4.69, 9.17) is 0 Å². The Balaban J connectivity index is 1.50. The number of nitrogens with one attached hydrogen (secondary N) is 1. The van der Waals surface area contributed by atoms with Gasteiger partial charge >= 0.3 is 0 Å². The van der Waals surface area contributed by atoms with Crippen LogP contribution in [0.15, 0.2) is 29.4 Å². The van der Waals surface area contributed by atoms with Crippen LogP contribution in [0.25, 0.3) is 0 Å². The van der Waals surface area contributed by atoms with Gasteiger partial charge in [0.2, 0.25) is 5.91 Å². The SMILES string of the molecule is CN(C)c1ccc(C=NNC(=O)C2[C@@H]3CCCCCC[C@@H]23)cc1. The average Bonchev–Trinajstić information content (AvgIpc) is 3.19. The van der Waals surface area contributed by atoms with E-state index in [1.807, 2.05) is 38.4 Å². The number of anilines is 1. The summed E-state index contributed by atoms with van der Waals surface area (Å²) in [6.45, 7) is 0. The summed E-state index contributed by atoms with van der Waals surface area (Å²) in [7, 11) is 4.03. The van der Waals surface area contributed by atoms with Gasteiger partial charge in [-0.15, -0.1) is 0 Å². The van der Waals surface area contributed by atoms with Gasteiger partial charge in [-0.1, -0.05) is 37.8 Å². The number of amides is 1. The summed E-state index contributed by atoms with van der Waals surface area (Å²) >= 11 is 0. The second-order valence-corrected chi connectivity index (χ2v) is 7.07. The van der Waals surface area contributed by atoms with Crippen LogP contribution in [0.3, 0.4) is 0 Å². The molecule has 1 N–H and O–H groups in total. The van der Waals surface area contributed by atoms with Crippen LogP contribution in [0, 0.1) is 17.8 Å². The fourth-order valence-corrected chi connectivity index (χ4v) is 3.84. The first-order chi connectivity index (χ1) is 11.2. The molecule has 124 valence electrons. The Morgan fingerprint density at radius 1 is 1.09 bits per heavy atom. The van der Waals surface area contributed by atoms with Crippen molar-refractivity contribution in [2.24, 2.45) is 22.9 Å². The molecule has 0 aromatic heterocycles. The maximum atomic E-state index is 12.3. The van der Waals surface area contributed by atoms with E-state index in [0.29, 0.717) is 11.8 Å². The molecule has 0 aliphatic heterocycles. The van der Waals surface area contributed by atoms with Crippen LogP contribution in [-0.2, 0) is 4.79 Å². The Labute approximate surface area is 139 Å². The topological polar surface area (TPSA) is 44.7 Å². The van der Waals surface area contributed by atoms with Crippen molar-refractivity contribution in [3.63, 3.8) is 0 Å². The van der Waals surface area contributed by atoms with Crippen LogP contribution < -0.4 is 10.3 Å². The van der Waals surface area contributed by atoms with Crippen LogP contribution in [0.2, 0.25) is 0 Å². The molecule has 4 nitrogen and oxygen atoms in total. The van der Waals surface area contributed by atoms with E-state index >= 15 is 0 Å². The second kappa shape index (κ2) is 7.16. The number of rotatable bonds is 4. The lowest BCUT2D eigenvalue weighted by Crippen LogP contribution is -2.21. The first-order valence-corrected chi connectivity index (χ1v) is 8.77. The summed E-state index contributed by atoms with van der Waals surface area (Å²) in [4.78, 5) is 14.4. The summed E-state index contributed by atoms with van der Waals surface area (Å²) < 4.78 is 0. The van der Waals surface area contributed by atoms with Crippen LogP contribution in [0.5, 0.6) is 0 Å². The molecule has 0 radical (unpaired) electrons. The third kappa shape index (κ3) is 3.92. The Morgan fingerprint density at radius 3 is 2.26 bits per heavy atom. The lowest BCUT2D eigenvalue weighted by atomic mass is 10.0. The van der Waals surface area contributed by atoms with Gasteiger partial charge in [0, 0.05) is 25.7 Å². The molecule has 1 amide bonds. The van der Waals surface area contributed by atoms with Crippen molar-refractivity contribution in [1.82, 2.24) is 5.43 Å². The monoisotopic (exact) mass is 313 g/mol. The third-order valence-corrected chi connectivity index (χ3v) is 5.26. The zero-order valence-electron chi connectivity index (χ0n) is 14.2. The number of carbonyl (C=O) groups excluding carboxylic acids is 1. The number of nitrogens with zero attached hydrogens (tertiary/aromatic N) is 2. The predicted octanol–water partition coefficient (Wildman–Crippen LogP) is 3.42. The molecule has 2 atom stereocenters. The average molecular weight is 313 g/mol. The second-order valence-electron chi connectivity index (χ2n) is 7.07. The standard InChI is InChI=1S/C19H27N3O/c1-22(2)15-11-9-14(10-12-15)13-20-21-19(23)18-16-7-5-3-4-6-8-17(16)18/h9-13,16-18H,3-8H2,1-2H3,(H,21,23)/t16-,17-/m1/s1. The van der Waals surface area contributed by atoms with E-state index in [-0.39, 0.29) is 11.8 Å². The molecule has 2 aliphatic rings. The van der Waals surface area contributed by atoms with Crippen molar-refractivity contribution in [3.8, 4) is 0 Å². The number of hydrazone groups is 1. The zero-order valence-corrected chi connectivity index (χ0v) is 14.2. The zero-order chi connectivity index (χ0) is 16.2. The van der Waals surface area contributed by atoms with Gasteiger partial charge in [0.15, 0.2) is 0 Å².